The van der Waals surface area contributed by atoms with E-state index in [4.69, 9.17) is 5.26 Å². The molecule has 0 saturated heterocycles. The molecule has 0 radical (unpaired) electrons. The molecule has 1 saturated carbocycles. The van der Waals surface area contributed by atoms with E-state index in [0.29, 0.717) is 0 Å². The van der Waals surface area contributed by atoms with Gasteiger partial charge in [0.15, 0.2) is 6.19 Å². The molecule has 0 aliphatic heterocycles. The highest BCUT2D eigenvalue weighted by molar-refractivity contribution is 5.10. The Hall–Kier alpha value is -0.920. The maximum Gasteiger partial charge on any atom is 0.412 e. The van der Waals surface area contributed by atoms with Gasteiger partial charge in [0.05, 0.1) is 0 Å². The third-order valence-electron chi connectivity index (χ3n) is 1.59. The highest BCUT2D eigenvalue weighted by atomic mass is 19.4. The summed E-state index contributed by atoms with van der Waals surface area (Å²) in [7, 11) is 0. The summed E-state index contributed by atoms with van der Waals surface area (Å²) in [5.41, 5.74) is -1.87. The van der Waals surface area contributed by atoms with Crippen LogP contribution in [0.4, 0.5) is 13.2 Å². The average Bonchev–Trinajstić information content (AvgIpc) is 2.45. The summed E-state index contributed by atoms with van der Waals surface area (Å²) in [6, 6.07) is 0. The van der Waals surface area contributed by atoms with Gasteiger partial charge in [0.2, 0.25) is 0 Å². The van der Waals surface area contributed by atoms with Crippen molar-refractivity contribution in [3.8, 4) is 6.19 Å². The molecule has 0 heterocycles. The summed E-state index contributed by atoms with van der Waals surface area (Å²) >= 11 is 0. The molecule has 1 aliphatic rings. The number of hydrogen-bond acceptors (Lipinski definition) is 2. The van der Waals surface area contributed by atoms with Gasteiger partial charge in [-0.3, -0.25) is 0 Å². The van der Waals surface area contributed by atoms with E-state index < -0.39 is 11.7 Å². The zero-order chi connectivity index (χ0) is 7.83. The fraction of sp³-hybridized carbons (Fsp3) is 0.800. The van der Waals surface area contributed by atoms with Gasteiger partial charge in [-0.15, -0.1) is 0 Å². The van der Waals surface area contributed by atoms with E-state index in [0.717, 1.165) is 0 Å². The first-order valence-corrected chi connectivity index (χ1v) is 2.75. The molecule has 56 valence electrons. The van der Waals surface area contributed by atoms with Crippen molar-refractivity contribution in [1.29, 1.82) is 5.26 Å². The lowest BCUT2D eigenvalue weighted by Crippen LogP contribution is -2.42. The van der Waals surface area contributed by atoms with Gasteiger partial charge in [-0.25, -0.2) is 0 Å². The van der Waals surface area contributed by atoms with Crippen LogP contribution in [-0.2, 0) is 0 Å². The third-order valence-corrected chi connectivity index (χ3v) is 1.59. The smallest absolute Gasteiger partial charge is 0.309 e. The highest BCUT2D eigenvalue weighted by Crippen LogP contribution is 2.48. The summed E-state index contributed by atoms with van der Waals surface area (Å²) < 4.78 is 35.6. The molecule has 0 aromatic rings. The minimum absolute atomic E-state index is 0.0179. The zero-order valence-corrected chi connectivity index (χ0v) is 5.00. The monoisotopic (exact) mass is 150 g/mol. The van der Waals surface area contributed by atoms with E-state index in [1.165, 1.54) is 6.19 Å². The minimum Gasteiger partial charge on any atom is -0.309 e. The molecule has 1 aliphatic carbocycles. The molecule has 2 nitrogen and oxygen atoms in total. The zero-order valence-electron chi connectivity index (χ0n) is 5.00. The number of nitrogens with zero attached hydrogens (tertiary/aromatic N) is 1. The van der Waals surface area contributed by atoms with Crippen molar-refractivity contribution < 1.29 is 13.2 Å². The van der Waals surface area contributed by atoms with Crippen LogP contribution in [0.15, 0.2) is 0 Å². The summed E-state index contributed by atoms with van der Waals surface area (Å²) in [6.45, 7) is 0. The molecule has 0 bridgehead atoms. The Balaban J connectivity index is 2.63. The van der Waals surface area contributed by atoms with Gasteiger partial charge < -0.3 is 5.32 Å². The number of halogens is 3. The van der Waals surface area contributed by atoms with Crippen molar-refractivity contribution in [1.82, 2.24) is 5.32 Å². The van der Waals surface area contributed by atoms with Gasteiger partial charge in [0.25, 0.3) is 0 Å². The Kier molecular flexibility index (Phi) is 1.28. The van der Waals surface area contributed by atoms with Crippen molar-refractivity contribution in [2.75, 3.05) is 0 Å². The average molecular weight is 150 g/mol. The standard InChI is InChI=1S/C5H5F3N2/c6-5(7,8)4(1-2-4)10-3-9/h10H,1-2H2. The van der Waals surface area contributed by atoms with Crippen molar-refractivity contribution >= 4 is 0 Å². The second kappa shape index (κ2) is 1.78. The molecule has 0 aromatic carbocycles. The fourth-order valence-electron chi connectivity index (χ4n) is 0.711. The number of nitrogens with one attached hydrogen (secondary N) is 1. The second-order valence-electron chi connectivity index (χ2n) is 2.32. The Morgan fingerprint density at radius 3 is 2.00 bits per heavy atom. The van der Waals surface area contributed by atoms with Gasteiger partial charge in [0, 0.05) is 0 Å². The quantitative estimate of drug-likeness (QED) is 0.449. The first kappa shape index (κ1) is 7.19. The van der Waals surface area contributed by atoms with Crippen molar-refractivity contribution in [3.05, 3.63) is 0 Å². The first-order valence-electron chi connectivity index (χ1n) is 2.75. The van der Waals surface area contributed by atoms with E-state index in [1.54, 1.807) is 5.32 Å². The maximum atomic E-state index is 11.9. The van der Waals surface area contributed by atoms with Crippen LogP contribution in [0.1, 0.15) is 12.8 Å². The van der Waals surface area contributed by atoms with Crippen LogP contribution in [0.3, 0.4) is 0 Å². The van der Waals surface area contributed by atoms with Crippen molar-refractivity contribution in [3.63, 3.8) is 0 Å². The largest absolute Gasteiger partial charge is 0.412 e. The van der Waals surface area contributed by atoms with Crippen LogP contribution in [-0.4, -0.2) is 11.7 Å². The lowest BCUT2D eigenvalue weighted by molar-refractivity contribution is -0.162. The van der Waals surface area contributed by atoms with E-state index in [9.17, 15) is 13.2 Å². The van der Waals surface area contributed by atoms with E-state index >= 15 is 0 Å². The summed E-state index contributed by atoms with van der Waals surface area (Å²) in [5.74, 6) is 0. The second-order valence-corrected chi connectivity index (χ2v) is 2.32. The predicted molar refractivity (Wildman–Crippen MR) is 26.8 cm³/mol. The number of alkyl halides is 3. The van der Waals surface area contributed by atoms with Crippen LogP contribution in [0.2, 0.25) is 0 Å². The minimum atomic E-state index is -4.28. The normalized spacial score (nSPS) is 21.4. The molecule has 10 heavy (non-hydrogen) atoms. The Morgan fingerprint density at radius 1 is 1.40 bits per heavy atom. The molecule has 1 rings (SSSR count). The van der Waals surface area contributed by atoms with Gasteiger partial charge >= 0.3 is 6.18 Å². The molecule has 0 atom stereocenters. The molecule has 0 aromatic heterocycles. The molecule has 1 fully saturated rings. The summed E-state index contributed by atoms with van der Waals surface area (Å²) in [6.07, 6.45) is -2.93. The number of hydrogen-bond donors (Lipinski definition) is 1. The molecule has 5 heteroatoms. The number of nitriles is 1. The lowest BCUT2D eigenvalue weighted by atomic mass is 10.3. The lowest BCUT2D eigenvalue weighted by Gasteiger charge is -2.16. The highest BCUT2D eigenvalue weighted by Gasteiger charge is 2.63. The third kappa shape index (κ3) is 0.897. The Bertz CT molecular complexity index is 174. The topological polar surface area (TPSA) is 35.8 Å². The SMILES string of the molecule is N#CNC1(C(F)(F)F)CC1. The predicted octanol–water partition coefficient (Wildman–Crippen LogP) is 1.15. The Labute approximate surface area is 55.6 Å². The summed E-state index contributed by atoms with van der Waals surface area (Å²) in [4.78, 5) is 0. The van der Waals surface area contributed by atoms with Gasteiger partial charge in [-0.05, 0) is 12.8 Å². The van der Waals surface area contributed by atoms with Gasteiger partial charge in [0.1, 0.15) is 5.54 Å². The fourth-order valence-corrected chi connectivity index (χ4v) is 0.711. The molecule has 0 spiro atoms. The Morgan fingerprint density at radius 2 is 1.90 bits per heavy atom. The van der Waals surface area contributed by atoms with Crippen LogP contribution in [0.25, 0.3) is 0 Å². The van der Waals surface area contributed by atoms with Gasteiger partial charge in [-0.2, -0.15) is 18.4 Å². The molecular weight excluding hydrogens is 145 g/mol. The molecule has 0 amide bonds. The molecule has 1 N–H and O–H groups in total. The van der Waals surface area contributed by atoms with Gasteiger partial charge in [-0.1, -0.05) is 0 Å². The summed E-state index contributed by atoms with van der Waals surface area (Å²) in [5, 5.41) is 9.70. The maximum absolute atomic E-state index is 11.9. The van der Waals surface area contributed by atoms with Crippen molar-refractivity contribution in [2.24, 2.45) is 0 Å². The first-order chi connectivity index (χ1) is 4.52. The van der Waals surface area contributed by atoms with Crippen LogP contribution < -0.4 is 5.32 Å². The van der Waals surface area contributed by atoms with Crippen LogP contribution in [0, 0.1) is 11.5 Å². The van der Waals surface area contributed by atoms with Crippen LogP contribution in [0.5, 0.6) is 0 Å². The molecule has 0 unspecified atom stereocenters. The van der Waals surface area contributed by atoms with Crippen molar-refractivity contribution in [2.45, 2.75) is 24.6 Å². The van der Waals surface area contributed by atoms with Crippen LogP contribution >= 0.6 is 0 Å². The number of rotatable bonds is 1. The van der Waals surface area contributed by atoms with E-state index in [2.05, 4.69) is 0 Å². The molecular formula is C5H5F3N2. The van der Waals surface area contributed by atoms with E-state index in [-0.39, 0.29) is 12.8 Å². The van der Waals surface area contributed by atoms with E-state index in [1.807, 2.05) is 0 Å².